The fraction of sp³-hybridized carbons (Fsp3) is 0.294. The van der Waals surface area contributed by atoms with Crippen LogP contribution in [-0.2, 0) is 0 Å². The highest BCUT2D eigenvalue weighted by Crippen LogP contribution is 2.22. The second-order valence-corrected chi connectivity index (χ2v) is 4.96. The topological polar surface area (TPSA) is 52.5 Å². The first-order valence-corrected chi connectivity index (χ1v) is 6.87. The van der Waals surface area contributed by atoms with Crippen LogP contribution in [0.4, 0.5) is 0 Å². The van der Waals surface area contributed by atoms with Gasteiger partial charge in [0.05, 0.1) is 18.8 Å². The second-order valence-electron chi connectivity index (χ2n) is 4.96. The summed E-state index contributed by atoms with van der Waals surface area (Å²) in [6, 6.07) is 20.0. The van der Waals surface area contributed by atoms with Gasteiger partial charge in [-0.1, -0.05) is 60.7 Å². The molecule has 20 heavy (non-hydrogen) atoms. The van der Waals surface area contributed by atoms with E-state index >= 15 is 0 Å². The molecule has 3 nitrogen and oxygen atoms in total. The van der Waals surface area contributed by atoms with Crippen molar-refractivity contribution in [3.8, 4) is 0 Å². The fourth-order valence-electron chi connectivity index (χ4n) is 2.21. The molecular formula is C17H21NO2. The number of nitrogens with one attached hydrogen (secondary N) is 1. The quantitative estimate of drug-likeness (QED) is 0.754. The van der Waals surface area contributed by atoms with E-state index in [9.17, 15) is 5.11 Å². The number of aliphatic hydroxyl groups excluding tert-OH is 2. The lowest BCUT2D eigenvalue weighted by atomic mass is 9.97. The lowest BCUT2D eigenvalue weighted by molar-refractivity contribution is 0.0657. The maximum atomic E-state index is 9.76. The Balaban J connectivity index is 2.26. The summed E-state index contributed by atoms with van der Waals surface area (Å²) in [5, 5.41) is 22.2. The van der Waals surface area contributed by atoms with Crippen molar-refractivity contribution in [2.24, 2.45) is 0 Å². The summed E-state index contributed by atoms with van der Waals surface area (Å²) in [5.41, 5.74) is 2.27. The smallest absolute Gasteiger partial charge is 0.0921 e. The summed E-state index contributed by atoms with van der Waals surface area (Å²) >= 11 is 0. The molecule has 2 aromatic rings. The van der Waals surface area contributed by atoms with E-state index in [1.54, 1.807) is 0 Å². The Morgan fingerprint density at radius 1 is 0.900 bits per heavy atom. The van der Waals surface area contributed by atoms with Gasteiger partial charge in [-0.2, -0.15) is 0 Å². The first kappa shape index (κ1) is 14.7. The van der Waals surface area contributed by atoms with Gasteiger partial charge in [0.1, 0.15) is 0 Å². The second kappa shape index (κ2) is 7.20. The van der Waals surface area contributed by atoms with Crippen LogP contribution >= 0.6 is 0 Å². The molecule has 0 aliphatic carbocycles. The van der Waals surface area contributed by atoms with Gasteiger partial charge >= 0.3 is 0 Å². The van der Waals surface area contributed by atoms with E-state index in [-0.39, 0.29) is 18.7 Å². The minimum atomic E-state index is -0.773. The SMILES string of the molecule is C[C@@H](NC(c1ccccc1)c1ccccc1)[C@@H](O)CO. The van der Waals surface area contributed by atoms with Crippen molar-refractivity contribution >= 4 is 0 Å². The molecular weight excluding hydrogens is 250 g/mol. The molecule has 0 aromatic heterocycles. The number of hydrogen-bond donors (Lipinski definition) is 3. The standard InChI is InChI=1S/C17H21NO2/c1-13(16(20)12-19)18-17(14-8-4-2-5-9-14)15-10-6-3-7-11-15/h2-11,13,16-20H,12H2,1H3/t13-,16+/m1/s1. The molecule has 0 bridgehead atoms. The summed E-state index contributed by atoms with van der Waals surface area (Å²) < 4.78 is 0. The monoisotopic (exact) mass is 271 g/mol. The zero-order chi connectivity index (χ0) is 14.4. The van der Waals surface area contributed by atoms with E-state index in [2.05, 4.69) is 29.6 Å². The van der Waals surface area contributed by atoms with Gasteiger partial charge in [-0.3, -0.25) is 0 Å². The van der Waals surface area contributed by atoms with Gasteiger partial charge in [-0.25, -0.2) is 0 Å². The van der Waals surface area contributed by atoms with Crippen molar-refractivity contribution in [2.45, 2.75) is 25.1 Å². The van der Waals surface area contributed by atoms with E-state index < -0.39 is 6.10 Å². The molecule has 0 saturated carbocycles. The van der Waals surface area contributed by atoms with Crippen molar-refractivity contribution in [3.63, 3.8) is 0 Å². The average molecular weight is 271 g/mol. The van der Waals surface area contributed by atoms with Crippen molar-refractivity contribution in [1.82, 2.24) is 5.32 Å². The normalized spacial score (nSPS) is 14.2. The Morgan fingerprint density at radius 2 is 1.35 bits per heavy atom. The maximum absolute atomic E-state index is 9.76. The summed E-state index contributed by atoms with van der Waals surface area (Å²) in [6.07, 6.45) is -0.773. The van der Waals surface area contributed by atoms with Crippen LogP contribution in [0.2, 0.25) is 0 Å². The van der Waals surface area contributed by atoms with E-state index in [4.69, 9.17) is 5.11 Å². The molecule has 3 N–H and O–H groups in total. The van der Waals surface area contributed by atoms with Crippen molar-refractivity contribution in [2.75, 3.05) is 6.61 Å². The zero-order valence-electron chi connectivity index (χ0n) is 11.6. The minimum Gasteiger partial charge on any atom is -0.394 e. The predicted octanol–water partition coefficient (Wildman–Crippen LogP) is 2.11. The summed E-state index contributed by atoms with van der Waals surface area (Å²) in [6.45, 7) is 1.63. The minimum absolute atomic E-state index is 0.00593. The third kappa shape index (κ3) is 3.67. The van der Waals surface area contributed by atoms with Crippen LogP contribution in [0.3, 0.4) is 0 Å². The van der Waals surface area contributed by atoms with E-state index in [0.717, 1.165) is 11.1 Å². The fourth-order valence-corrected chi connectivity index (χ4v) is 2.21. The molecule has 0 unspecified atom stereocenters. The van der Waals surface area contributed by atoms with Crippen LogP contribution in [0.25, 0.3) is 0 Å². The van der Waals surface area contributed by atoms with Gasteiger partial charge in [-0.05, 0) is 18.1 Å². The van der Waals surface area contributed by atoms with Gasteiger partial charge in [0.2, 0.25) is 0 Å². The van der Waals surface area contributed by atoms with Gasteiger partial charge in [-0.15, -0.1) is 0 Å². The van der Waals surface area contributed by atoms with E-state index in [1.165, 1.54) is 0 Å². The Hall–Kier alpha value is -1.68. The molecule has 0 saturated heterocycles. The van der Waals surface area contributed by atoms with Crippen molar-refractivity contribution < 1.29 is 10.2 Å². The highest BCUT2D eigenvalue weighted by atomic mass is 16.3. The summed E-state index contributed by atoms with van der Waals surface area (Å²) in [5.74, 6) is 0. The Labute approximate surface area is 119 Å². The summed E-state index contributed by atoms with van der Waals surface area (Å²) in [7, 11) is 0. The van der Waals surface area contributed by atoms with Crippen LogP contribution in [0.15, 0.2) is 60.7 Å². The molecule has 0 spiro atoms. The van der Waals surface area contributed by atoms with Gasteiger partial charge in [0.25, 0.3) is 0 Å². The van der Waals surface area contributed by atoms with Crippen LogP contribution in [0, 0.1) is 0 Å². The number of benzene rings is 2. The lowest BCUT2D eigenvalue weighted by Crippen LogP contribution is -2.41. The largest absolute Gasteiger partial charge is 0.394 e. The van der Waals surface area contributed by atoms with E-state index in [0.29, 0.717) is 0 Å². The molecule has 0 radical (unpaired) electrons. The first-order chi connectivity index (χ1) is 9.72. The molecule has 0 fully saturated rings. The number of aliphatic hydroxyl groups is 2. The molecule has 2 rings (SSSR count). The van der Waals surface area contributed by atoms with E-state index in [1.807, 2.05) is 43.3 Å². The molecule has 0 aliphatic rings. The molecule has 3 heteroatoms. The first-order valence-electron chi connectivity index (χ1n) is 6.87. The summed E-state index contributed by atoms with van der Waals surface area (Å²) in [4.78, 5) is 0. The van der Waals surface area contributed by atoms with Gasteiger partial charge in [0.15, 0.2) is 0 Å². The third-order valence-electron chi connectivity index (χ3n) is 3.46. The number of hydrogen-bond acceptors (Lipinski definition) is 3. The van der Waals surface area contributed by atoms with Crippen molar-refractivity contribution in [1.29, 1.82) is 0 Å². The number of rotatable bonds is 6. The molecule has 0 amide bonds. The Kier molecular flexibility index (Phi) is 5.30. The highest BCUT2D eigenvalue weighted by Gasteiger charge is 2.20. The molecule has 0 aliphatic heterocycles. The average Bonchev–Trinajstić information content (AvgIpc) is 2.53. The van der Waals surface area contributed by atoms with Crippen LogP contribution in [0.1, 0.15) is 24.1 Å². The van der Waals surface area contributed by atoms with Crippen LogP contribution in [-0.4, -0.2) is 29.0 Å². The van der Waals surface area contributed by atoms with Crippen LogP contribution < -0.4 is 5.32 Å². The highest BCUT2D eigenvalue weighted by molar-refractivity contribution is 5.31. The van der Waals surface area contributed by atoms with Gasteiger partial charge < -0.3 is 15.5 Å². The molecule has 2 atom stereocenters. The molecule has 106 valence electrons. The Morgan fingerprint density at radius 3 is 1.75 bits per heavy atom. The molecule has 2 aromatic carbocycles. The zero-order valence-corrected chi connectivity index (χ0v) is 11.6. The lowest BCUT2D eigenvalue weighted by Gasteiger charge is -2.26. The van der Waals surface area contributed by atoms with Gasteiger partial charge in [0, 0.05) is 6.04 Å². The maximum Gasteiger partial charge on any atom is 0.0921 e. The van der Waals surface area contributed by atoms with Crippen LogP contribution in [0.5, 0.6) is 0 Å². The Bertz CT molecular complexity index is 461. The van der Waals surface area contributed by atoms with Crippen molar-refractivity contribution in [3.05, 3.63) is 71.8 Å². The third-order valence-corrected chi connectivity index (χ3v) is 3.46. The predicted molar refractivity (Wildman–Crippen MR) is 80.4 cm³/mol. The molecule has 0 heterocycles.